The highest BCUT2D eigenvalue weighted by Crippen LogP contribution is 2.30. The Labute approximate surface area is 210 Å². The number of alkyl halides is 3. The number of benzene rings is 2. The van der Waals surface area contributed by atoms with Gasteiger partial charge in [-0.2, -0.15) is 0 Å². The molecular formula is C27H35F3N2O4. The van der Waals surface area contributed by atoms with Crippen molar-refractivity contribution in [3.05, 3.63) is 58.7 Å². The van der Waals surface area contributed by atoms with Gasteiger partial charge in [0.1, 0.15) is 11.5 Å². The summed E-state index contributed by atoms with van der Waals surface area (Å²) in [6.45, 7) is 14.5. The van der Waals surface area contributed by atoms with E-state index in [1.807, 2.05) is 13.8 Å². The topological polar surface area (TPSA) is 51.2 Å². The van der Waals surface area contributed by atoms with Crippen molar-refractivity contribution in [1.29, 1.82) is 0 Å². The molecule has 0 aromatic heterocycles. The van der Waals surface area contributed by atoms with E-state index in [0.29, 0.717) is 18.9 Å². The number of hydrogen-bond donors (Lipinski definition) is 0. The Morgan fingerprint density at radius 3 is 1.83 bits per heavy atom. The van der Waals surface area contributed by atoms with E-state index in [9.17, 15) is 18.0 Å². The molecule has 1 heterocycles. The summed E-state index contributed by atoms with van der Waals surface area (Å²) < 4.78 is 52.1. The molecular weight excluding hydrogens is 473 g/mol. The average Bonchev–Trinajstić information content (AvgIpc) is 2.78. The Balaban J connectivity index is 1.53. The summed E-state index contributed by atoms with van der Waals surface area (Å²) in [6.07, 6.45) is -4.68. The lowest BCUT2D eigenvalue weighted by Crippen LogP contribution is -2.45. The first-order valence-electron chi connectivity index (χ1n) is 12.1. The van der Waals surface area contributed by atoms with Crippen molar-refractivity contribution in [2.45, 2.75) is 59.7 Å². The Bertz CT molecular complexity index is 1010. The second-order valence-electron chi connectivity index (χ2n) is 9.64. The number of hydrogen-bond acceptors (Lipinski definition) is 6. The molecule has 0 N–H and O–H groups in total. The van der Waals surface area contributed by atoms with E-state index in [2.05, 4.69) is 26.7 Å². The van der Waals surface area contributed by atoms with Crippen LogP contribution in [0.15, 0.2) is 36.4 Å². The molecule has 9 heteroatoms. The van der Waals surface area contributed by atoms with Crippen LogP contribution in [0.5, 0.6) is 11.5 Å². The first kappa shape index (κ1) is 27.8. The van der Waals surface area contributed by atoms with Gasteiger partial charge >= 0.3 is 12.3 Å². The van der Waals surface area contributed by atoms with E-state index >= 15 is 0 Å². The monoisotopic (exact) mass is 508 g/mol. The van der Waals surface area contributed by atoms with E-state index in [1.54, 1.807) is 32.9 Å². The van der Waals surface area contributed by atoms with Gasteiger partial charge in [0.15, 0.2) is 5.60 Å². The zero-order valence-electron chi connectivity index (χ0n) is 21.6. The zero-order chi connectivity index (χ0) is 26.5. The van der Waals surface area contributed by atoms with Gasteiger partial charge in [0.2, 0.25) is 0 Å². The Kier molecular flexibility index (Phi) is 8.89. The van der Waals surface area contributed by atoms with Crippen LogP contribution >= 0.6 is 0 Å². The van der Waals surface area contributed by atoms with Gasteiger partial charge in [-0.05, 0) is 69.0 Å². The Hall–Kier alpha value is -2.78. The number of nitrogens with zero attached hydrogens (tertiary/aromatic N) is 2. The first-order valence-corrected chi connectivity index (χ1v) is 12.1. The second kappa shape index (κ2) is 11.5. The molecule has 1 aliphatic heterocycles. The molecule has 0 radical (unpaired) electrons. The van der Waals surface area contributed by atoms with Crippen molar-refractivity contribution in [2.75, 3.05) is 32.8 Å². The predicted molar refractivity (Wildman–Crippen MR) is 131 cm³/mol. The summed E-state index contributed by atoms with van der Waals surface area (Å²) in [5.74, 6) is 0.104. The number of halogens is 3. The molecule has 0 spiro atoms. The molecule has 2 aromatic rings. The van der Waals surface area contributed by atoms with Crippen molar-refractivity contribution in [1.82, 2.24) is 9.80 Å². The molecule has 1 fully saturated rings. The van der Waals surface area contributed by atoms with Gasteiger partial charge in [0, 0.05) is 39.3 Å². The maximum absolute atomic E-state index is 12.3. The fourth-order valence-corrected chi connectivity index (χ4v) is 4.31. The normalized spacial score (nSPS) is 15.6. The molecule has 0 unspecified atom stereocenters. The van der Waals surface area contributed by atoms with Crippen LogP contribution in [0, 0.1) is 13.8 Å². The van der Waals surface area contributed by atoms with Crippen molar-refractivity contribution in [3.63, 3.8) is 0 Å². The van der Waals surface area contributed by atoms with Crippen molar-refractivity contribution >= 4 is 5.97 Å². The predicted octanol–water partition coefficient (Wildman–Crippen LogP) is 5.24. The average molecular weight is 509 g/mol. The van der Waals surface area contributed by atoms with E-state index in [-0.39, 0.29) is 5.75 Å². The highest BCUT2D eigenvalue weighted by atomic mass is 19.4. The lowest BCUT2D eigenvalue weighted by molar-refractivity contribution is -0.274. The number of carbonyl (C=O) groups is 1. The minimum atomic E-state index is -4.68. The minimum absolute atomic E-state index is 0.206. The summed E-state index contributed by atoms with van der Waals surface area (Å²) in [5, 5.41) is 0. The molecule has 0 saturated carbocycles. The van der Waals surface area contributed by atoms with Crippen molar-refractivity contribution in [3.8, 4) is 11.5 Å². The van der Waals surface area contributed by atoms with Gasteiger partial charge in [-0.15, -0.1) is 13.2 Å². The first-order chi connectivity index (χ1) is 16.9. The molecule has 1 aliphatic rings. The molecule has 36 heavy (non-hydrogen) atoms. The number of rotatable bonds is 9. The number of carbonyl (C=O) groups excluding carboxylic acids is 1. The third-order valence-electron chi connectivity index (χ3n) is 6.08. The smallest absolute Gasteiger partial charge is 0.476 e. The third kappa shape index (κ3) is 7.86. The Morgan fingerprint density at radius 1 is 0.861 bits per heavy atom. The van der Waals surface area contributed by atoms with Crippen LogP contribution in [0.3, 0.4) is 0 Å². The maximum atomic E-state index is 12.3. The summed E-state index contributed by atoms with van der Waals surface area (Å²) in [5.41, 5.74) is 3.00. The molecule has 0 aliphatic carbocycles. The lowest BCUT2D eigenvalue weighted by Gasteiger charge is -2.35. The van der Waals surface area contributed by atoms with E-state index < -0.39 is 17.9 Å². The molecule has 198 valence electrons. The van der Waals surface area contributed by atoms with Crippen LogP contribution in [0.4, 0.5) is 13.2 Å². The summed E-state index contributed by atoms with van der Waals surface area (Å²) in [7, 11) is 0. The zero-order valence-corrected chi connectivity index (χ0v) is 21.6. The van der Waals surface area contributed by atoms with E-state index in [4.69, 9.17) is 9.47 Å². The highest BCUT2D eigenvalue weighted by Gasteiger charge is 2.33. The summed E-state index contributed by atoms with van der Waals surface area (Å²) in [4.78, 5) is 16.9. The minimum Gasteiger partial charge on any atom is -0.476 e. The van der Waals surface area contributed by atoms with Crippen molar-refractivity contribution < 1.29 is 32.2 Å². The molecule has 0 bridgehead atoms. The van der Waals surface area contributed by atoms with Crippen molar-refractivity contribution in [2.24, 2.45) is 0 Å². The maximum Gasteiger partial charge on any atom is 0.573 e. The van der Waals surface area contributed by atoms with Gasteiger partial charge in [-0.3, -0.25) is 9.80 Å². The summed E-state index contributed by atoms with van der Waals surface area (Å²) in [6, 6.07) is 10.2. The molecule has 0 atom stereocenters. The van der Waals surface area contributed by atoms with Crippen LogP contribution in [0.1, 0.15) is 43.0 Å². The molecule has 6 nitrogen and oxygen atoms in total. The molecule has 2 aromatic carbocycles. The largest absolute Gasteiger partial charge is 0.573 e. The molecule has 1 saturated heterocycles. The molecule has 3 rings (SSSR count). The standard InChI is InChI=1S/C27H35F3N2O4/c1-6-34-25(33)26(4,5)36-24-19(2)15-22(16-20(24)3)18-32-13-11-31(12-14-32)17-21-7-9-23(10-8-21)35-27(28,29)30/h7-10,15-16H,6,11-14,17-18H2,1-5H3. The summed E-state index contributed by atoms with van der Waals surface area (Å²) >= 11 is 0. The van der Waals surface area contributed by atoms with Gasteiger partial charge in [0.05, 0.1) is 6.61 Å². The number of aryl methyl sites for hydroxylation is 2. The fraction of sp³-hybridized carbons (Fsp3) is 0.519. The quantitative estimate of drug-likeness (QED) is 0.432. The highest BCUT2D eigenvalue weighted by molar-refractivity contribution is 5.79. The van der Waals surface area contributed by atoms with E-state index in [1.165, 1.54) is 17.7 Å². The second-order valence-corrected chi connectivity index (χ2v) is 9.64. The number of esters is 1. The van der Waals surface area contributed by atoms with Gasteiger partial charge in [-0.1, -0.05) is 24.3 Å². The Morgan fingerprint density at radius 2 is 1.36 bits per heavy atom. The van der Waals surface area contributed by atoms with Crippen LogP contribution < -0.4 is 9.47 Å². The van der Waals surface area contributed by atoms with Crippen LogP contribution in [0.2, 0.25) is 0 Å². The van der Waals surface area contributed by atoms with Gasteiger partial charge in [-0.25, -0.2) is 4.79 Å². The SMILES string of the molecule is CCOC(=O)C(C)(C)Oc1c(C)cc(CN2CCN(Cc3ccc(OC(F)(F)F)cc3)CC2)cc1C. The third-order valence-corrected chi connectivity index (χ3v) is 6.08. The van der Waals surface area contributed by atoms with Gasteiger partial charge in [0.25, 0.3) is 0 Å². The van der Waals surface area contributed by atoms with Crippen LogP contribution in [-0.2, 0) is 22.6 Å². The van der Waals surface area contributed by atoms with Crippen LogP contribution in [0.25, 0.3) is 0 Å². The number of ether oxygens (including phenoxy) is 3. The molecule has 0 amide bonds. The van der Waals surface area contributed by atoms with E-state index in [0.717, 1.165) is 49.4 Å². The fourth-order valence-electron chi connectivity index (χ4n) is 4.31. The number of piperazine rings is 1. The lowest BCUT2D eigenvalue weighted by atomic mass is 10.0. The van der Waals surface area contributed by atoms with Gasteiger partial charge < -0.3 is 14.2 Å². The van der Waals surface area contributed by atoms with Crippen LogP contribution in [-0.4, -0.2) is 60.5 Å².